The fourth-order valence-electron chi connectivity index (χ4n) is 2.95. The van der Waals surface area contributed by atoms with E-state index in [4.69, 9.17) is 32.7 Å². The highest BCUT2D eigenvalue weighted by Crippen LogP contribution is 2.34. The highest BCUT2D eigenvalue weighted by Gasteiger charge is 2.28. The van der Waals surface area contributed by atoms with Crippen LogP contribution < -0.4 is 14.8 Å². The number of benzene rings is 2. The lowest BCUT2D eigenvalue weighted by Gasteiger charge is -2.25. The van der Waals surface area contributed by atoms with E-state index in [1.54, 1.807) is 34.8 Å². The second-order valence-corrected chi connectivity index (χ2v) is 7.91. The maximum Gasteiger partial charge on any atom is 0.271 e. The molecular formula is C19H12Cl2N4O3S. The summed E-state index contributed by atoms with van der Waals surface area (Å²) in [6.07, 6.45) is -0.798. The Morgan fingerprint density at radius 1 is 1.21 bits per heavy atom. The number of amides is 1. The monoisotopic (exact) mass is 446 g/mol. The van der Waals surface area contributed by atoms with Crippen LogP contribution in [-0.2, 0) is 4.79 Å². The minimum Gasteiger partial charge on any atom is -0.485 e. The molecule has 3 heterocycles. The van der Waals surface area contributed by atoms with Gasteiger partial charge < -0.3 is 9.47 Å². The average molecular weight is 447 g/mol. The van der Waals surface area contributed by atoms with E-state index in [1.165, 1.54) is 11.3 Å². The standard InChI is InChI=1S/C19H12Cl2N4O3S/c20-10-5-6-12(21)11(7-10)13-9-29-19-23-18(24-25(13)19)22-17(26)16-8-27-14-3-1-2-4-15(14)28-16/h1-7,9,16H,8H2,(H,22,24,26). The number of aromatic nitrogens is 3. The molecule has 7 nitrogen and oxygen atoms in total. The van der Waals surface area contributed by atoms with Gasteiger partial charge in [-0.05, 0) is 30.3 Å². The Kier molecular flexibility index (Phi) is 4.54. The first-order chi connectivity index (χ1) is 14.1. The Morgan fingerprint density at radius 3 is 2.90 bits per heavy atom. The number of ether oxygens (including phenoxy) is 2. The molecule has 10 heteroatoms. The first kappa shape index (κ1) is 18.2. The van der Waals surface area contributed by atoms with Crippen molar-refractivity contribution in [2.24, 2.45) is 0 Å². The molecule has 1 atom stereocenters. The van der Waals surface area contributed by atoms with Crippen LogP contribution in [-0.4, -0.2) is 33.2 Å². The van der Waals surface area contributed by atoms with E-state index in [1.807, 2.05) is 17.5 Å². The van der Waals surface area contributed by atoms with Crippen LogP contribution in [0.1, 0.15) is 0 Å². The van der Waals surface area contributed by atoms with E-state index in [-0.39, 0.29) is 18.5 Å². The van der Waals surface area contributed by atoms with Gasteiger partial charge in [-0.15, -0.1) is 16.4 Å². The van der Waals surface area contributed by atoms with Crippen molar-refractivity contribution in [3.05, 3.63) is 57.9 Å². The first-order valence-corrected chi connectivity index (χ1v) is 10.2. The number of fused-ring (bicyclic) bond motifs is 2. The molecule has 0 radical (unpaired) electrons. The van der Waals surface area contributed by atoms with Gasteiger partial charge in [0.2, 0.25) is 11.1 Å². The summed E-state index contributed by atoms with van der Waals surface area (Å²) in [4.78, 5) is 17.6. The Hall–Kier alpha value is -2.81. The number of thiazole rings is 1. The molecule has 0 fully saturated rings. The van der Waals surface area contributed by atoms with Gasteiger partial charge in [0, 0.05) is 16.0 Å². The van der Waals surface area contributed by atoms with Crippen LogP contribution in [0, 0.1) is 0 Å². The molecule has 0 saturated carbocycles. The van der Waals surface area contributed by atoms with Gasteiger partial charge >= 0.3 is 0 Å². The lowest BCUT2D eigenvalue weighted by atomic mass is 10.2. The zero-order valence-electron chi connectivity index (χ0n) is 14.6. The number of para-hydroxylation sites is 2. The summed E-state index contributed by atoms with van der Waals surface area (Å²) in [7, 11) is 0. The predicted molar refractivity (Wildman–Crippen MR) is 111 cm³/mol. The maximum absolute atomic E-state index is 12.6. The van der Waals surface area contributed by atoms with Crippen LogP contribution in [0.4, 0.5) is 5.95 Å². The molecule has 0 aliphatic carbocycles. The van der Waals surface area contributed by atoms with Gasteiger partial charge in [-0.3, -0.25) is 10.1 Å². The highest BCUT2D eigenvalue weighted by atomic mass is 35.5. The van der Waals surface area contributed by atoms with Crippen molar-refractivity contribution in [1.29, 1.82) is 0 Å². The number of anilines is 1. The maximum atomic E-state index is 12.6. The Labute approximate surface area is 178 Å². The summed E-state index contributed by atoms with van der Waals surface area (Å²) in [5.74, 6) is 0.916. The summed E-state index contributed by atoms with van der Waals surface area (Å²) in [6, 6.07) is 12.4. The van der Waals surface area contributed by atoms with Gasteiger partial charge in [-0.2, -0.15) is 4.98 Å². The molecule has 4 aromatic rings. The Morgan fingerprint density at radius 2 is 2.03 bits per heavy atom. The van der Waals surface area contributed by atoms with Gasteiger partial charge in [-0.25, -0.2) is 4.52 Å². The minimum atomic E-state index is -0.798. The smallest absolute Gasteiger partial charge is 0.271 e. The number of halogens is 2. The largest absolute Gasteiger partial charge is 0.485 e. The van der Waals surface area contributed by atoms with Gasteiger partial charge in [0.25, 0.3) is 11.9 Å². The summed E-state index contributed by atoms with van der Waals surface area (Å²) in [5, 5.41) is 10.1. The molecule has 5 rings (SSSR count). The van der Waals surface area contributed by atoms with Crippen LogP contribution >= 0.6 is 34.5 Å². The van der Waals surface area contributed by atoms with Gasteiger partial charge in [0.05, 0.1) is 10.7 Å². The zero-order chi connectivity index (χ0) is 20.0. The summed E-state index contributed by atoms with van der Waals surface area (Å²) >= 11 is 13.8. The van der Waals surface area contributed by atoms with Crippen LogP contribution in [0.25, 0.3) is 16.2 Å². The van der Waals surface area contributed by atoms with Crippen molar-refractivity contribution in [3.63, 3.8) is 0 Å². The number of nitrogens with one attached hydrogen (secondary N) is 1. The van der Waals surface area contributed by atoms with Crippen molar-refractivity contribution >= 4 is 51.4 Å². The van der Waals surface area contributed by atoms with E-state index < -0.39 is 6.10 Å². The minimum absolute atomic E-state index is 0.106. The molecule has 1 amide bonds. The van der Waals surface area contributed by atoms with E-state index in [0.29, 0.717) is 26.5 Å². The molecule has 1 unspecified atom stereocenters. The highest BCUT2D eigenvalue weighted by molar-refractivity contribution is 7.15. The molecule has 1 aliphatic heterocycles. The van der Waals surface area contributed by atoms with E-state index in [9.17, 15) is 4.79 Å². The van der Waals surface area contributed by atoms with Crippen molar-refractivity contribution in [3.8, 4) is 22.8 Å². The number of hydrogen-bond acceptors (Lipinski definition) is 6. The molecule has 146 valence electrons. The number of hydrogen-bond donors (Lipinski definition) is 1. The Balaban J connectivity index is 1.39. The van der Waals surface area contributed by atoms with Crippen LogP contribution in [0.5, 0.6) is 11.5 Å². The fourth-order valence-corrected chi connectivity index (χ4v) is 4.16. The van der Waals surface area contributed by atoms with Crippen molar-refractivity contribution in [1.82, 2.24) is 14.6 Å². The normalized spacial score (nSPS) is 15.4. The van der Waals surface area contributed by atoms with Gasteiger partial charge in [-0.1, -0.05) is 35.3 Å². The average Bonchev–Trinajstić information content (AvgIpc) is 3.29. The lowest BCUT2D eigenvalue weighted by Crippen LogP contribution is -2.40. The number of carbonyl (C=O) groups excluding carboxylic acids is 1. The number of rotatable bonds is 3. The van der Waals surface area contributed by atoms with Crippen LogP contribution in [0.2, 0.25) is 10.0 Å². The third kappa shape index (κ3) is 3.39. The van der Waals surface area contributed by atoms with Gasteiger partial charge in [0.1, 0.15) is 6.61 Å². The Bertz CT molecular complexity index is 1240. The van der Waals surface area contributed by atoms with Crippen LogP contribution in [0.15, 0.2) is 47.8 Å². The van der Waals surface area contributed by atoms with Crippen molar-refractivity contribution < 1.29 is 14.3 Å². The molecule has 0 saturated heterocycles. The lowest BCUT2D eigenvalue weighted by molar-refractivity contribution is -0.125. The fraction of sp³-hybridized carbons (Fsp3) is 0.105. The quantitative estimate of drug-likeness (QED) is 0.499. The summed E-state index contributed by atoms with van der Waals surface area (Å²) in [6.45, 7) is 0.106. The predicted octanol–water partition coefficient (Wildman–Crippen LogP) is 4.54. The van der Waals surface area contributed by atoms with Crippen molar-refractivity contribution in [2.45, 2.75) is 6.10 Å². The van der Waals surface area contributed by atoms with Crippen molar-refractivity contribution in [2.75, 3.05) is 11.9 Å². The third-order valence-electron chi connectivity index (χ3n) is 4.32. The first-order valence-electron chi connectivity index (χ1n) is 8.57. The second kappa shape index (κ2) is 7.22. The van der Waals surface area contributed by atoms with Gasteiger partial charge in [0.15, 0.2) is 11.5 Å². The molecule has 0 spiro atoms. The van der Waals surface area contributed by atoms with Crippen LogP contribution in [0.3, 0.4) is 0 Å². The zero-order valence-corrected chi connectivity index (χ0v) is 17.0. The van der Waals surface area contributed by atoms with E-state index in [2.05, 4.69) is 15.4 Å². The molecule has 0 bridgehead atoms. The number of carbonyl (C=O) groups is 1. The molecule has 1 N–H and O–H groups in total. The molecule has 1 aliphatic rings. The third-order valence-corrected chi connectivity index (χ3v) is 5.70. The van der Waals surface area contributed by atoms with E-state index in [0.717, 1.165) is 11.3 Å². The molecular weight excluding hydrogens is 435 g/mol. The molecule has 29 heavy (non-hydrogen) atoms. The summed E-state index contributed by atoms with van der Waals surface area (Å²) in [5.41, 5.74) is 1.46. The summed E-state index contributed by atoms with van der Waals surface area (Å²) < 4.78 is 12.9. The second-order valence-electron chi connectivity index (χ2n) is 6.23. The SMILES string of the molecule is O=C(Nc1nc2scc(-c3cc(Cl)ccc3Cl)n2n1)C1COc2ccccc2O1. The topological polar surface area (TPSA) is 77.8 Å². The number of nitrogens with zero attached hydrogens (tertiary/aromatic N) is 3. The molecule has 2 aromatic heterocycles. The molecule has 2 aromatic carbocycles. The van der Waals surface area contributed by atoms with E-state index >= 15 is 0 Å².